The third-order valence-corrected chi connectivity index (χ3v) is 8.19. The van der Waals surface area contributed by atoms with Crippen molar-refractivity contribution < 1.29 is 14.3 Å². The molecule has 10 heteroatoms. The Hall–Kier alpha value is -4.21. The van der Waals surface area contributed by atoms with Crippen LogP contribution < -0.4 is 9.64 Å². The van der Waals surface area contributed by atoms with Crippen LogP contribution >= 0.6 is 11.6 Å². The Morgan fingerprint density at radius 2 is 1.73 bits per heavy atom. The molecule has 0 fully saturated rings. The number of hydrogen-bond donors (Lipinski definition) is 0. The number of ether oxygens (including phenoxy) is 1. The molecule has 0 N–H and O–H groups in total. The summed E-state index contributed by atoms with van der Waals surface area (Å²) in [6.07, 6.45) is 1.98. The first-order valence-corrected chi connectivity index (χ1v) is 15.5. The Morgan fingerprint density at radius 1 is 0.955 bits per heavy atom. The zero-order valence-electron chi connectivity index (χ0n) is 25.6. The molecule has 5 rings (SSSR count). The molecule has 0 atom stereocenters. The number of rotatable bonds is 7. The van der Waals surface area contributed by atoms with Crippen LogP contribution in [0.25, 0.3) is 5.69 Å². The zero-order valence-corrected chi connectivity index (χ0v) is 26.3. The van der Waals surface area contributed by atoms with Gasteiger partial charge in [0.05, 0.1) is 24.2 Å². The molecule has 0 saturated heterocycles. The Bertz CT molecular complexity index is 1570. The molecule has 230 valence electrons. The van der Waals surface area contributed by atoms with Crippen molar-refractivity contribution in [2.45, 2.75) is 46.2 Å². The summed E-state index contributed by atoms with van der Waals surface area (Å²) in [6, 6.07) is 23.4. The minimum Gasteiger partial charge on any atom is -0.497 e. The number of methoxy groups -OCH3 is 1. The molecule has 0 unspecified atom stereocenters. The molecule has 1 aliphatic rings. The maximum absolute atomic E-state index is 14.2. The van der Waals surface area contributed by atoms with E-state index in [1.54, 1.807) is 11.8 Å². The van der Waals surface area contributed by atoms with E-state index < -0.39 is 0 Å². The van der Waals surface area contributed by atoms with Gasteiger partial charge in [-0.25, -0.2) is 4.68 Å². The van der Waals surface area contributed by atoms with Crippen molar-refractivity contribution in [3.63, 3.8) is 0 Å². The van der Waals surface area contributed by atoms with E-state index in [-0.39, 0.29) is 11.8 Å². The predicted molar refractivity (Wildman–Crippen MR) is 172 cm³/mol. The molecule has 0 aliphatic carbocycles. The summed E-state index contributed by atoms with van der Waals surface area (Å²) in [7, 11) is 1.62. The van der Waals surface area contributed by atoms with Gasteiger partial charge in [0.1, 0.15) is 5.75 Å². The van der Waals surface area contributed by atoms with E-state index in [1.165, 1.54) is 5.56 Å². The van der Waals surface area contributed by atoms with Gasteiger partial charge in [0.2, 0.25) is 5.91 Å². The van der Waals surface area contributed by atoms with Gasteiger partial charge in [0.25, 0.3) is 5.91 Å². The number of fused-ring (bicyclic) bond motifs is 1. The van der Waals surface area contributed by atoms with Gasteiger partial charge in [-0.1, -0.05) is 60.1 Å². The summed E-state index contributed by atoms with van der Waals surface area (Å²) in [6.45, 7) is 7.39. The molecule has 0 spiro atoms. The Morgan fingerprint density at radius 3 is 2.45 bits per heavy atom. The molecule has 1 aliphatic heterocycles. The lowest BCUT2D eigenvalue weighted by atomic mass is 10.1. The normalized spacial score (nSPS) is 14.5. The first kappa shape index (κ1) is 31.2. The van der Waals surface area contributed by atoms with Gasteiger partial charge in [-0.2, -0.15) is 0 Å². The number of benzene rings is 3. The summed E-state index contributed by atoms with van der Waals surface area (Å²) < 4.78 is 6.95. The summed E-state index contributed by atoms with van der Waals surface area (Å²) in [5.74, 6) is 0.575. The molecule has 2 amide bonds. The summed E-state index contributed by atoms with van der Waals surface area (Å²) in [5.41, 5.74) is 4.54. The summed E-state index contributed by atoms with van der Waals surface area (Å²) in [4.78, 5) is 33.7. The Labute approximate surface area is 264 Å². The van der Waals surface area contributed by atoms with E-state index in [0.29, 0.717) is 49.0 Å². The van der Waals surface area contributed by atoms with E-state index in [2.05, 4.69) is 27.3 Å². The number of aromatic nitrogens is 3. The number of carbonyl (C=O) groups excluding carboxylic acids is 2. The highest BCUT2D eigenvalue weighted by atomic mass is 35.5. The monoisotopic (exact) mass is 614 g/mol. The van der Waals surface area contributed by atoms with Gasteiger partial charge in [0.15, 0.2) is 5.69 Å². The van der Waals surface area contributed by atoms with Gasteiger partial charge in [-0.05, 0) is 67.3 Å². The van der Waals surface area contributed by atoms with Gasteiger partial charge < -0.3 is 14.5 Å². The maximum Gasteiger partial charge on any atom is 0.276 e. The molecular weight excluding hydrogens is 576 g/mol. The Kier molecular flexibility index (Phi) is 10.3. The van der Waals surface area contributed by atoms with Crippen molar-refractivity contribution in [3.05, 3.63) is 100 Å². The van der Waals surface area contributed by atoms with Crippen LogP contribution in [0.5, 0.6) is 5.75 Å². The Balaban J connectivity index is 1.50. The van der Waals surface area contributed by atoms with Crippen LogP contribution in [0.2, 0.25) is 5.02 Å². The van der Waals surface area contributed by atoms with Crippen molar-refractivity contribution in [3.8, 4) is 11.4 Å². The highest BCUT2D eigenvalue weighted by Gasteiger charge is 2.27. The molecule has 1 aromatic heterocycles. The quantitative estimate of drug-likeness (QED) is 0.257. The van der Waals surface area contributed by atoms with Crippen LogP contribution in [0, 0.1) is 6.92 Å². The lowest BCUT2D eigenvalue weighted by molar-refractivity contribution is -0.118. The largest absolute Gasteiger partial charge is 0.497 e. The van der Waals surface area contributed by atoms with Crippen LogP contribution in [0.3, 0.4) is 0 Å². The van der Waals surface area contributed by atoms with E-state index in [0.717, 1.165) is 48.6 Å². The fraction of sp³-hybridized carbons (Fsp3) is 0.353. The molecule has 0 saturated carbocycles. The van der Waals surface area contributed by atoms with Gasteiger partial charge in [-0.15, -0.1) is 5.10 Å². The highest BCUT2D eigenvalue weighted by Crippen LogP contribution is 2.29. The topological polar surface area (TPSA) is 83.8 Å². The number of nitrogens with zero attached hydrogens (tertiary/aromatic N) is 6. The summed E-state index contributed by atoms with van der Waals surface area (Å²) in [5, 5.41) is 9.22. The van der Waals surface area contributed by atoms with E-state index in [4.69, 9.17) is 16.3 Å². The number of carbonyl (C=O) groups is 2. The second-order valence-corrected chi connectivity index (χ2v) is 11.5. The highest BCUT2D eigenvalue weighted by molar-refractivity contribution is 6.31. The predicted octanol–water partition coefficient (Wildman–Crippen LogP) is 5.92. The fourth-order valence-corrected chi connectivity index (χ4v) is 5.75. The molecule has 2 heterocycles. The number of hydrogen-bond acceptors (Lipinski definition) is 6. The van der Waals surface area contributed by atoms with E-state index >= 15 is 0 Å². The van der Waals surface area contributed by atoms with Crippen LogP contribution in [-0.2, 0) is 17.9 Å². The fourth-order valence-electron chi connectivity index (χ4n) is 5.58. The molecule has 0 bridgehead atoms. The number of halogens is 1. The molecule has 0 radical (unpaired) electrons. The molecule has 9 nitrogen and oxygen atoms in total. The van der Waals surface area contributed by atoms with Crippen molar-refractivity contribution >= 4 is 29.1 Å². The smallest absolute Gasteiger partial charge is 0.276 e. The summed E-state index contributed by atoms with van der Waals surface area (Å²) >= 11 is 6.48. The SMILES string of the molecule is CCCC(=O)N1CCCN(Cc2ccccc2)CCN(C(=O)c2nnn(-c3ccc(OC)cc3)c2C)Cc2ccc(Cl)cc21. The van der Waals surface area contributed by atoms with Crippen LogP contribution in [-0.4, -0.2) is 69.9 Å². The third kappa shape index (κ3) is 7.29. The molecular formula is C34H39ClN6O3. The first-order valence-electron chi connectivity index (χ1n) is 15.1. The molecule has 4 aromatic rings. The van der Waals surface area contributed by atoms with E-state index in [9.17, 15) is 9.59 Å². The zero-order chi connectivity index (χ0) is 31.1. The van der Waals surface area contributed by atoms with Crippen molar-refractivity contribution in [1.82, 2.24) is 24.8 Å². The van der Waals surface area contributed by atoms with Crippen LogP contribution in [0.4, 0.5) is 5.69 Å². The van der Waals surface area contributed by atoms with Crippen LogP contribution in [0.1, 0.15) is 53.5 Å². The first-order chi connectivity index (χ1) is 21.4. The van der Waals surface area contributed by atoms with Crippen molar-refractivity contribution in [2.75, 3.05) is 38.2 Å². The van der Waals surface area contributed by atoms with Gasteiger partial charge in [-0.3, -0.25) is 14.5 Å². The average molecular weight is 615 g/mol. The second-order valence-electron chi connectivity index (χ2n) is 11.0. The van der Waals surface area contributed by atoms with Gasteiger partial charge >= 0.3 is 0 Å². The van der Waals surface area contributed by atoms with Crippen LogP contribution in [0.15, 0.2) is 72.8 Å². The second kappa shape index (κ2) is 14.5. The lowest BCUT2D eigenvalue weighted by Gasteiger charge is -2.28. The maximum atomic E-state index is 14.2. The molecule has 44 heavy (non-hydrogen) atoms. The van der Waals surface area contributed by atoms with E-state index in [1.807, 2.05) is 84.3 Å². The van der Waals surface area contributed by atoms with Gasteiger partial charge in [0, 0.05) is 50.7 Å². The number of anilines is 1. The minimum absolute atomic E-state index is 0.0565. The lowest BCUT2D eigenvalue weighted by Crippen LogP contribution is -2.39. The van der Waals surface area contributed by atoms with Crippen molar-refractivity contribution in [2.24, 2.45) is 0 Å². The average Bonchev–Trinajstić information content (AvgIpc) is 3.41. The third-order valence-electron chi connectivity index (χ3n) is 7.96. The standard InChI is InChI=1S/C34H39ClN6O3/c1-4-9-32(42)40-19-8-18-38(23-26-10-6-5-7-11-26)20-21-39(24-27-12-13-28(35)22-31(27)40)34(43)33-25(2)41(37-36-33)29-14-16-30(44-3)17-15-29/h5-7,10-17,22H,4,8-9,18-21,23-24H2,1-3H3. The molecule has 3 aromatic carbocycles. The minimum atomic E-state index is -0.214. The van der Waals surface area contributed by atoms with Crippen molar-refractivity contribution in [1.29, 1.82) is 0 Å². The number of amides is 2.